The Balaban J connectivity index is 1.41. The summed E-state index contributed by atoms with van der Waals surface area (Å²) in [5.74, 6) is -0.933. The molecule has 2 aromatic rings. The molecule has 3 amide bonds. The molecule has 2 fully saturated rings. The van der Waals surface area contributed by atoms with Crippen molar-refractivity contribution in [3.05, 3.63) is 77.9 Å². The molecule has 1 unspecified atom stereocenters. The second kappa shape index (κ2) is 11.8. The number of carbonyl (C=O) groups excluding carboxylic acids is 3. The van der Waals surface area contributed by atoms with E-state index >= 15 is 0 Å². The highest BCUT2D eigenvalue weighted by Crippen LogP contribution is 2.61. The topological polar surface area (TPSA) is 90.4 Å². The Bertz CT molecular complexity index is 1450. The molecule has 43 heavy (non-hydrogen) atoms. The quantitative estimate of drug-likeness (QED) is 0.359. The number of likely N-dealkylation sites (tertiary alicyclic amines) is 1. The van der Waals surface area contributed by atoms with Crippen LogP contribution in [0.1, 0.15) is 30.9 Å². The van der Waals surface area contributed by atoms with Gasteiger partial charge in [0.25, 0.3) is 5.91 Å². The number of hydrogen-bond acceptors (Lipinski definition) is 6. The first-order valence-electron chi connectivity index (χ1n) is 15.2. The molecule has 0 aromatic heterocycles. The maximum atomic E-state index is 14.7. The van der Waals surface area contributed by atoms with Gasteiger partial charge in [-0.3, -0.25) is 14.4 Å². The molecular weight excluding hydrogens is 562 g/mol. The maximum Gasteiger partial charge on any atom is 0.251 e. The van der Waals surface area contributed by atoms with Crippen molar-refractivity contribution in [2.45, 2.75) is 49.7 Å². The lowest BCUT2D eigenvalue weighted by atomic mass is 9.78. The molecule has 226 valence electrons. The van der Waals surface area contributed by atoms with E-state index in [4.69, 9.17) is 4.74 Å². The van der Waals surface area contributed by atoms with E-state index in [-0.39, 0.29) is 29.6 Å². The molecule has 4 aliphatic heterocycles. The summed E-state index contributed by atoms with van der Waals surface area (Å²) in [6.07, 6.45) is 9.24. The molecule has 5 atom stereocenters. The van der Waals surface area contributed by atoms with Crippen LogP contribution in [0.15, 0.2) is 66.8 Å². The number of ether oxygens (including phenoxy) is 1. The molecule has 8 nitrogen and oxygen atoms in total. The minimum atomic E-state index is -0.879. The zero-order valence-corrected chi connectivity index (χ0v) is 25.8. The van der Waals surface area contributed by atoms with Crippen LogP contribution in [0, 0.1) is 25.7 Å². The predicted octanol–water partition coefficient (Wildman–Crippen LogP) is 4.28. The predicted molar refractivity (Wildman–Crippen MR) is 169 cm³/mol. The van der Waals surface area contributed by atoms with Crippen LogP contribution in [0.2, 0.25) is 0 Å². The van der Waals surface area contributed by atoms with Crippen LogP contribution >= 0.6 is 11.8 Å². The van der Waals surface area contributed by atoms with Crippen molar-refractivity contribution < 1.29 is 24.2 Å². The average Bonchev–Trinajstić information content (AvgIpc) is 3.30. The van der Waals surface area contributed by atoms with Crippen molar-refractivity contribution in [1.29, 1.82) is 0 Å². The number of hydrogen-bond donors (Lipinski definition) is 1. The highest BCUT2D eigenvalue weighted by Gasteiger charge is 2.71. The van der Waals surface area contributed by atoms with Crippen LogP contribution in [0.25, 0.3) is 0 Å². The number of rotatable bonds is 8. The van der Waals surface area contributed by atoms with E-state index < -0.39 is 22.6 Å². The fourth-order valence-electron chi connectivity index (χ4n) is 7.32. The molecule has 4 aliphatic rings. The Morgan fingerprint density at radius 3 is 2.35 bits per heavy atom. The van der Waals surface area contributed by atoms with E-state index in [2.05, 4.69) is 12.2 Å². The largest absolute Gasteiger partial charge is 0.494 e. The summed E-state index contributed by atoms with van der Waals surface area (Å²) < 4.78 is 4.72. The molecule has 1 spiro atoms. The van der Waals surface area contributed by atoms with Gasteiger partial charge in [0.15, 0.2) is 0 Å². The zero-order valence-electron chi connectivity index (χ0n) is 24.9. The normalized spacial score (nSPS) is 28.1. The number of aryl methyl sites for hydroxylation is 2. The second-order valence-corrected chi connectivity index (χ2v) is 13.2. The van der Waals surface area contributed by atoms with E-state index in [0.29, 0.717) is 39.1 Å². The lowest BCUT2D eigenvalue weighted by Gasteiger charge is -2.36. The first-order valence-corrected chi connectivity index (χ1v) is 16.1. The molecule has 1 N–H and O–H groups in total. The van der Waals surface area contributed by atoms with Crippen LogP contribution in [-0.4, -0.2) is 76.6 Å². The van der Waals surface area contributed by atoms with Crippen molar-refractivity contribution >= 4 is 40.9 Å². The van der Waals surface area contributed by atoms with E-state index in [0.717, 1.165) is 28.3 Å². The van der Waals surface area contributed by atoms with Gasteiger partial charge in [-0.05, 0) is 69.0 Å². The molecule has 4 heterocycles. The zero-order chi connectivity index (χ0) is 30.3. The Morgan fingerprint density at radius 2 is 1.65 bits per heavy atom. The summed E-state index contributed by atoms with van der Waals surface area (Å²) in [6.45, 7) is 7.67. The highest BCUT2D eigenvalue weighted by molar-refractivity contribution is 8.02. The van der Waals surface area contributed by atoms with E-state index in [1.54, 1.807) is 21.6 Å². The van der Waals surface area contributed by atoms with Crippen LogP contribution in [-0.2, 0) is 14.4 Å². The number of amides is 3. The van der Waals surface area contributed by atoms with Crippen LogP contribution in [0.3, 0.4) is 0 Å². The van der Waals surface area contributed by atoms with Gasteiger partial charge in [0.05, 0.1) is 23.2 Å². The number of benzene rings is 2. The molecule has 0 aliphatic carbocycles. The van der Waals surface area contributed by atoms with Crippen molar-refractivity contribution in [1.82, 2.24) is 4.90 Å². The molecule has 2 saturated heterocycles. The van der Waals surface area contributed by atoms with E-state index in [1.165, 1.54) is 0 Å². The number of aliphatic hydroxyl groups excluding tert-OH is 1. The molecule has 9 heteroatoms. The third-order valence-electron chi connectivity index (χ3n) is 9.13. The fourth-order valence-corrected chi connectivity index (χ4v) is 9.33. The van der Waals surface area contributed by atoms with Gasteiger partial charge in [0.1, 0.15) is 11.8 Å². The third-order valence-corrected chi connectivity index (χ3v) is 10.9. The number of carbonyl (C=O) groups is 3. The summed E-state index contributed by atoms with van der Waals surface area (Å²) >= 11 is 1.59. The Morgan fingerprint density at radius 1 is 0.930 bits per heavy atom. The van der Waals surface area contributed by atoms with Crippen molar-refractivity contribution in [3.63, 3.8) is 0 Å². The highest BCUT2D eigenvalue weighted by atomic mass is 32.2. The summed E-state index contributed by atoms with van der Waals surface area (Å²) in [4.78, 5) is 48.9. The molecule has 0 radical (unpaired) electrons. The van der Waals surface area contributed by atoms with Gasteiger partial charge in [0, 0.05) is 42.9 Å². The van der Waals surface area contributed by atoms with Crippen LogP contribution in [0.5, 0.6) is 5.75 Å². The summed E-state index contributed by atoms with van der Waals surface area (Å²) in [6, 6.07) is 12.7. The molecule has 0 bridgehead atoms. The first kappa shape index (κ1) is 29.5. The number of anilines is 2. The van der Waals surface area contributed by atoms with E-state index in [9.17, 15) is 19.5 Å². The number of fused-ring (bicyclic) bond motifs is 2. The lowest BCUT2D eigenvalue weighted by molar-refractivity contribution is -0.138. The first-order chi connectivity index (χ1) is 20.8. The van der Waals surface area contributed by atoms with Gasteiger partial charge >= 0.3 is 0 Å². The standard InChI is InChI=1S/C34H39N3O5S/c1-4-42-25-15-13-24(14-16-25)35-19-8-12-26-27(31(35)39)28-32(40)37(18-5-6-21-38)30-33(41)36(20-9-17-34(28,30)43-26)29-22(2)10-7-11-23(29)3/h7-17,26-28,30,38H,4-6,18-21H2,1-3H3/t26-,27+,28-,30?,34-/m0/s1. The lowest BCUT2D eigenvalue weighted by Crippen LogP contribution is -2.53. The van der Waals surface area contributed by atoms with Crippen molar-refractivity contribution in [2.75, 3.05) is 42.6 Å². The van der Waals surface area contributed by atoms with Crippen molar-refractivity contribution in [2.24, 2.45) is 11.8 Å². The van der Waals surface area contributed by atoms with Gasteiger partial charge in [-0.1, -0.05) is 42.5 Å². The fraction of sp³-hybridized carbons (Fsp3) is 0.441. The average molecular weight is 602 g/mol. The number of unbranched alkanes of at least 4 members (excludes halogenated alkanes) is 1. The van der Waals surface area contributed by atoms with Crippen LogP contribution < -0.4 is 14.5 Å². The maximum absolute atomic E-state index is 14.7. The van der Waals surface area contributed by atoms with Gasteiger partial charge in [-0.2, -0.15) is 0 Å². The molecular formula is C34H39N3O5S. The third kappa shape index (κ3) is 4.86. The van der Waals surface area contributed by atoms with Gasteiger partial charge in [0.2, 0.25) is 11.8 Å². The summed E-state index contributed by atoms with van der Waals surface area (Å²) in [5.41, 5.74) is 3.62. The number of para-hydroxylation sites is 1. The summed E-state index contributed by atoms with van der Waals surface area (Å²) in [7, 11) is 0. The smallest absolute Gasteiger partial charge is 0.251 e. The monoisotopic (exact) mass is 601 g/mol. The molecule has 0 saturated carbocycles. The van der Waals surface area contributed by atoms with E-state index in [1.807, 2.05) is 80.3 Å². The number of thioether (sulfide) groups is 1. The SMILES string of the molecule is CCOc1ccc(N2CC=C[C@@H]3S[C@]45C=CCN(c6c(C)cccc6C)C(=O)C4N(CCCCO)C(=O)[C@@H]5[C@@H]3C2=O)cc1. The Hall–Kier alpha value is -3.56. The molecule has 2 aromatic carbocycles. The molecule has 6 rings (SSSR count). The second-order valence-electron chi connectivity index (χ2n) is 11.7. The number of nitrogens with zero attached hydrogens (tertiary/aromatic N) is 3. The van der Waals surface area contributed by atoms with Gasteiger partial charge in [-0.15, -0.1) is 11.8 Å². The minimum absolute atomic E-state index is 0.0173. The Kier molecular flexibility index (Phi) is 8.13. The van der Waals surface area contributed by atoms with Crippen LogP contribution in [0.4, 0.5) is 11.4 Å². The van der Waals surface area contributed by atoms with Gasteiger partial charge in [-0.25, -0.2) is 0 Å². The Labute approximate surface area is 257 Å². The summed E-state index contributed by atoms with van der Waals surface area (Å²) in [5, 5.41) is 9.26. The van der Waals surface area contributed by atoms with Crippen molar-refractivity contribution in [3.8, 4) is 5.75 Å². The number of aliphatic hydroxyl groups is 1. The minimum Gasteiger partial charge on any atom is -0.494 e. The van der Waals surface area contributed by atoms with Gasteiger partial charge < -0.3 is 24.5 Å².